The number of ether oxygens (including phenoxy) is 1. The molecule has 4 heterocycles. The van der Waals surface area contributed by atoms with Crippen molar-refractivity contribution in [3.8, 4) is 0 Å². The van der Waals surface area contributed by atoms with Crippen molar-refractivity contribution in [1.82, 2.24) is 20.4 Å². The molecule has 1 fully saturated rings. The predicted molar refractivity (Wildman–Crippen MR) is 103 cm³/mol. The van der Waals surface area contributed by atoms with E-state index < -0.39 is 0 Å². The summed E-state index contributed by atoms with van der Waals surface area (Å²) in [5.74, 6) is 1.31. The van der Waals surface area contributed by atoms with Crippen LogP contribution < -0.4 is 10.2 Å². The van der Waals surface area contributed by atoms with Gasteiger partial charge < -0.3 is 19.5 Å². The van der Waals surface area contributed by atoms with Crippen LogP contribution in [0.4, 0.5) is 5.95 Å². The molecule has 28 heavy (non-hydrogen) atoms. The highest BCUT2D eigenvalue weighted by Gasteiger charge is 2.27. The Labute approximate surface area is 164 Å². The number of amides is 1. The molecule has 1 N–H and O–H groups in total. The number of aromatic nitrogens is 3. The van der Waals surface area contributed by atoms with Gasteiger partial charge in [0, 0.05) is 43.7 Å². The van der Waals surface area contributed by atoms with Crippen molar-refractivity contribution < 1.29 is 14.1 Å². The van der Waals surface area contributed by atoms with Gasteiger partial charge in [0.25, 0.3) is 5.91 Å². The minimum atomic E-state index is -0.0923. The number of hydrogen-bond donors (Lipinski definition) is 1. The molecule has 2 aromatic rings. The number of rotatable bonds is 5. The van der Waals surface area contributed by atoms with Gasteiger partial charge in [0.15, 0.2) is 0 Å². The number of aryl methyl sites for hydroxylation is 2. The van der Waals surface area contributed by atoms with Crippen LogP contribution in [0.2, 0.25) is 0 Å². The third-order valence-corrected chi connectivity index (χ3v) is 5.44. The first-order valence-electron chi connectivity index (χ1n) is 10.1. The third kappa shape index (κ3) is 3.73. The zero-order valence-corrected chi connectivity index (χ0v) is 16.5. The molecule has 8 heteroatoms. The van der Waals surface area contributed by atoms with Crippen molar-refractivity contribution in [2.24, 2.45) is 0 Å². The van der Waals surface area contributed by atoms with E-state index in [9.17, 15) is 4.79 Å². The SMILES string of the molecule is CCc1noc(CC)c1C(=O)NC1CCCN(c2ncc3c(n2)CCOC3)C1. The highest BCUT2D eigenvalue weighted by Crippen LogP contribution is 2.21. The van der Waals surface area contributed by atoms with Crippen LogP contribution in [-0.2, 0) is 30.6 Å². The van der Waals surface area contributed by atoms with Crippen LogP contribution in [0.15, 0.2) is 10.7 Å². The highest BCUT2D eigenvalue weighted by atomic mass is 16.5. The van der Waals surface area contributed by atoms with Crippen molar-refractivity contribution in [2.45, 2.75) is 58.6 Å². The number of carbonyl (C=O) groups excluding carboxylic acids is 1. The molecule has 0 saturated carbocycles. The molecule has 1 amide bonds. The molecule has 8 nitrogen and oxygen atoms in total. The lowest BCUT2D eigenvalue weighted by Gasteiger charge is -2.33. The van der Waals surface area contributed by atoms with Gasteiger partial charge in [-0.2, -0.15) is 0 Å². The quantitative estimate of drug-likeness (QED) is 0.842. The van der Waals surface area contributed by atoms with E-state index in [1.807, 2.05) is 20.0 Å². The molecule has 1 unspecified atom stereocenters. The number of nitrogens with one attached hydrogen (secondary N) is 1. The van der Waals surface area contributed by atoms with Gasteiger partial charge in [-0.05, 0) is 19.3 Å². The van der Waals surface area contributed by atoms with E-state index in [0.29, 0.717) is 43.9 Å². The third-order valence-electron chi connectivity index (χ3n) is 5.44. The Balaban J connectivity index is 1.46. The van der Waals surface area contributed by atoms with Crippen LogP contribution >= 0.6 is 0 Å². The number of piperidine rings is 1. The fraction of sp³-hybridized carbons (Fsp3) is 0.600. The summed E-state index contributed by atoms with van der Waals surface area (Å²) in [7, 11) is 0. The summed E-state index contributed by atoms with van der Waals surface area (Å²) in [4.78, 5) is 24.3. The van der Waals surface area contributed by atoms with Gasteiger partial charge in [0.2, 0.25) is 5.95 Å². The molecule has 2 aromatic heterocycles. The molecular formula is C20H27N5O3. The van der Waals surface area contributed by atoms with Gasteiger partial charge in [-0.15, -0.1) is 0 Å². The van der Waals surface area contributed by atoms with E-state index in [0.717, 1.165) is 48.7 Å². The van der Waals surface area contributed by atoms with E-state index in [4.69, 9.17) is 14.2 Å². The molecule has 0 bridgehead atoms. The maximum atomic E-state index is 12.9. The molecule has 4 rings (SSSR count). The summed E-state index contributed by atoms with van der Waals surface area (Å²) in [6.45, 7) is 6.85. The fourth-order valence-corrected chi connectivity index (χ4v) is 3.91. The summed E-state index contributed by atoms with van der Waals surface area (Å²) < 4.78 is 10.8. The van der Waals surface area contributed by atoms with Crippen LogP contribution in [0.1, 0.15) is 59.8 Å². The Morgan fingerprint density at radius 2 is 2.25 bits per heavy atom. The number of nitrogens with zero attached hydrogens (tertiary/aromatic N) is 4. The topological polar surface area (TPSA) is 93.4 Å². The van der Waals surface area contributed by atoms with Gasteiger partial charge in [-0.3, -0.25) is 4.79 Å². The van der Waals surface area contributed by atoms with E-state index in [1.54, 1.807) is 0 Å². The zero-order valence-electron chi connectivity index (χ0n) is 16.5. The molecule has 1 atom stereocenters. The standard InChI is InChI=1S/C20H27N5O3/c1-3-15-18(17(4-2)28-24-15)19(26)22-14-6-5-8-25(11-14)20-21-10-13-12-27-9-7-16(13)23-20/h10,14H,3-9,11-12H2,1-2H3,(H,22,26). The molecule has 0 spiro atoms. The molecule has 2 aliphatic rings. The predicted octanol–water partition coefficient (Wildman–Crippen LogP) is 2.06. The van der Waals surface area contributed by atoms with Crippen molar-refractivity contribution in [3.05, 3.63) is 34.5 Å². The first-order valence-corrected chi connectivity index (χ1v) is 10.1. The number of anilines is 1. The Morgan fingerprint density at radius 3 is 3.07 bits per heavy atom. The normalized spacial score (nSPS) is 19.4. The van der Waals surface area contributed by atoms with Crippen molar-refractivity contribution in [2.75, 3.05) is 24.6 Å². The molecule has 0 aromatic carbocycles. The Morgan fingerprint density at radius 1 is 1.36 bits per heavy atom. The number of carbonyl (C=O) groups is 1. The summed E-state index contributed by atoms with van der Waals surface area (Å²) in [5.41, 5.74) is 3.48. The lowest BCUT2D eigenvalue weighted by atomic mass is 10.0. The lowest BCUT2D eigenvalue weighted by Crippen LogP contribution is -2.48. The minimum Gasteiger partial charge on any atom is -0.376 e. The van der Waals surface area contributed by atoms with Crippen molar-refractivity contribution >= 4 is 11.9 Å². The Bertz CT molecular complexity index is 829. The second-order valence-corrected chi connectivity index (χ2v) is 7.34. The van der Waals surface area contributed by atoms with E-state index in [-0.39, 0.29) is 11.9 Å². The van der Waals surface area contributed by atoms with Gasteiger partial charge in [-0.25, -0.2) is 9.97 Å². The van der Waals surface area contributed by atoms with Gasteiger partial charge in [-0.1, -0.05) is 19.0 Å². The highest BCUT2D eigenvalue weighted by molar-refractivity contribution is 5.96. The monoisotopic (exact) mass is 385 g/mol. The van der Waals surface area contributed by atoms with Crippen LogP contribution in [-0.4, -0.2) is 46.8 Å². The van der Waals surface area contributed by atoms with Crippen molar-refractivity contribution in [3.63, 3.8) is 0 Å². The van der Waals surface area contributed by atoms with Crippen molar-refractivity contribution in [1.29, 1.82) is 0 Å². The molecule has 0 radical (unpaired) electrons. The second kappa shape index (κ2) is 8.26. The summed E-state index contributed by atoms with van der Waals surface area (Å²) >= 11 is 0. The van der Waals surface area contributed by atoms with E-state index >= 15 is 0 Å². The lowest BCUT2D eigenvalue weighted by molar-refractivity contribution is 0.0930. The largest absolute Gasteiger partial charge is 0.376 e. The van der Waals surface area contributed by atoms with E-state index in [1.165, 1.54) is 0 Å². The first kappa shape index (κ1) is 18.9. The van der Waals surface area contributed by atoms with Crippen LogP contribution in [0, 0.1) is 0 Å². The zero-order chi connectivity index (χ0) is 19.5. The fourth-order valence-electron chi connectivity index (χ4n) is 3.91. The maximum Gasteiger partial charge on any atom is 0.257 e. The maximum absolute atomic E-state index is 12.9. The van der Waals surface area contributed by atoms with Gasteiger partial charge in [0.1, 0.15) is 11.3 Å². The molecule has 2 aliphatic heterocycles. The molecule has 0 aliphatic carbocycles. The second-order valence-electron chi connectivity index (χ2n) is 7.34. The summed E-state index contributed by atoms with van der Waals surface area (Å²) in [6, 6.07) is 0.0496. The summed E-state index contributed by atoms with van der Waals surface area (Å²) in [6.07, 6.45) is 5.95. The molecule has 150 valence electrons. The van der Waals surface area contributed by atoms with Gasteiger partial charge in [0.05, 0.1) is 24.6 Å². The van der Waals surface area contributed by atoms with Crippen LogP contribution in [0.3, 0.4) is 0 Å². The smallest absolute Gasteiger partial charge is 0.257 e. The Kier molecular flexibility index (Phi) is 5.57. The van der Waals surface area contributed by atoms with Crippen LogP contribution in [0.5, 0.6) is 0 Å². The molecular weight excluding hydrogens is 358 g/mol. The minimum absolute atomic E-state index is 0.0496. The summed E-state index contributed by atoms with van der Waals surface area (Å²) in [5, 5.41) is 7.22. The van der Waals surface area contributed by atoms with E-state index in [2.05, 4.69) is 20.4 Å². The number of hydrogen-bond acceptors (Lipinski definition) is 7. The van der Waals surface area contributed by atoms with Gasteiger partial charge >= 0.3 is 0 Å². The number of fused-ring (bicyclic) bond motifs is 1. The molecule has 1 saturated heterocycles. The average Bonchev–Trinajstić information content (AvgIpc) is 3.17. The average molecular weight is 385 g/mol. The van der Waals surface area contributed by atoms with Crippen LogP contribution in [0.25, 0.3) is 0 Å². The first-order chi connectivity index (χ1) is 13.7. The Hall–Kier alpha value is -2.48.